The van der Waals surface area contributed by atoms with Crippen LogP contribution < -0.4 is 5.32 Å². The van der Waals surface area contributed by atoms with Gasteiger partial charge in [-0.2, -0.15) is 0 Å². The maximum atomic E-state index is 10.6. The van der Waals surface area contributed by atoms with E-state index >= 15 is 0 Å². The summed E-state index contributed by atoms with van der Waals surface area (Å²) < 4.78 is 5.59. The highest BCUT2D eigenvalue weighted by Gasteiger charge is 2.35. The molecular formula is C9H17NO3. The number of carboxylic acid groups (broad SMARTS) is 1. The monoisotopic (exact) mass is 187 g/mol. The summed E-state index contributed by atoms with van der Waals surface area (Å²) in [4.78, 5) is 10.6. The Hall–Kier alpha value is -0.610. The van der Waals surface area contributed by atoms with E-state index < -0.39 is 12.0 Å². The second kappa shape index (κ2) is 4.07. The third kappa shape index (κ3) is 2.19. The summed E-state index contributed by atoms with van der Waals surface area (Å²) >= 11 is 0. The molecule has 1 aliphatic rings. The molecule has 0 amide bonds. The Balaban J connectivity index is 2.50. The standard InChI is InChI=1S/C9H17NO3/c1-3-9(4-2)6-10-7(5-13-9)8(11)12/h7,10H,3-6H2,1-2H3,(H,11,12). The van der Waals surface area contributed by atoms with Crippen molar-refractivity contribution in [1.29, 1.82) is 0 Å². The zero-order valence-electron chi connectivity index (χ0n) is 8.17. The summed E-state index contributed by atoms with van der Waals surface area (Å²) in [5, 5.41) is 11.7. The Kier molecular flexibility index (Phi) is 3.27. The summed E-state index contributed by atoms with van der Waals surface area (Å²) in [6, 6.07) is -0.536. The van der Waals surface area contributed by atoms with Crippen molar-refractivity contribution >= 4 is 5.97 Å². The number of carboxylic acids is 1. The van der Waals surface area contributed by atoms with E-state index in [1.165, 1.54) is 0 Å². The van der Waals surface area contributed by atoms with E-state index in [0.29, 0.717) is 6.54 Å². The molecule has 1 rings (SSSR count). The predicted molar refractivity (Wildman–Crippen MR) is 48.7 cm³/mol. The molecule has 0 aromatic rings. The summed E-state index contributed by atoms with van der Waals surface area (Å²) in [6.45, 7) is 5.03. The lowest BCUT2D eigenvalue weighted by molar-refractivity contribution is -0.150. The first-order valence-corrected chi connectivity index (χ1v) is 4.73. The van der Waals surface area contributed by atoms with E-state index in [1.54, 1.807) is 0 Å². The van der Waals surface area contributed by atoms with Crippen LogP contribution in [0.5, 0.6) is 0 Å². The van der Waals surface area contributed by atoms with Crippen molar-refractivity contribution in [2.24, 2.45) is 0 Å². The molecule has 4 nitrogen and oxygen atoms in total. The molecule has 1 saturated heterocycles. The topological polar surface area (TPSA) is 58.6 Å². The van der Waals surface area contributed by atoms with Crippen molar-refractivity contribution in [2.45, 2.75) is 38.3 Å². The van der Waals surface area contributed by atoms with Gasteiger partial charge in [0.25, 0.3) is 0 Å². The number of nitrogens with one attached hydrogen (secondary N) is 1. The molecule has 1 aliphatic heterocycles. The number of aliphatic carboxylic acids is 1. The molecule has 1 atom stereocenters. The zero-order valence-corrected chi connectivity index (χ0v) is 8.17. The highest BCUT2D eigenvalue weighted by Crippen LogP contribution is 2.22. The first-order valence-electron chi connectivity index (χ1n) is 4.73. The van der Waals surface area contributed by atoms with E-state index in [0.717, 1.165) is 12.8 Å². The minimum Gasteiger partial charge on any atom is -0.480 e. The summed E-state index contributed by atoms with van der Waals surface area (Å²) in [5.74, 6) is -0.833. The SMILES string of the molecule is CCC1(CC)CNC(C(=O)O)CO1. The maximum Gasteiger partial charge on any atom is 0.323 e. The number of ether oxygens (including phenoxy) is 1. The molecule has 4 heteroatoms. The van der Waals surface area contributed by atoms with Gasteiger partial charge in [-0.1, -0.05) is 13.8 Å². The van der Waals surface area contributed by atoms with Crippen molar-refractivity contribution in [2.75, 3.05) is 13.2 Å². The molecule has 0 aromatic heterocycles. The van der Waals surface area contributed by atoms with Gasteiger partial charge in [-0.15, -0.1) is 0 Å². The fourth-order valence-corrected chi connectivity index (χ4v) is 1.54. The normalized spacial score (nSPS) is 27.1. The number of morpholine rings is 1. The minimum atomic E-state index is -0.833. The lowest BCUT2D eigenvalue weighted by Gasteiger charge is -2.38. The van der Waals surface area contributed by atoms with E-state index in [2.05, 4.69) is 19.2 Å². The van der Waals surface area contributed by atoms with Crippen molar-refractivity contribution in [3.05, 3.63) is 0 Å². The van der Waals surface area contributed by atoms with Gasteiger partial charge in [0.15, 0.2) is 0 Å². The number of carbonyl (C=O) groups is 1. The smallest absolute Gasteiger partial charge is 0.323 e. The zero-order chi connectivity index (χ0) is 9.90. The van der Waals surface area contributed by atoms with Crippen LogP contribution in [0.1, 0.15) is 26.7 Å². The van der Waals surface area contributed by atoms with Gasteiger partial charge in [0, 0.05) is 6.54 Å². The van der Waals surface area contributed by atoms with Gasteiger partial charge in [0.2, 0.25) is 0 Å². The van der Waals surface area contributed by atoms with Crippen molar-refractivity contribution in [1.82, 2.24) is 5.32 Å². The molecule has 1 heterocycles. The van der Waals surface area contributed by atoms with Gasteiger partial charge in [-0.3, -0.25) is 10.1 Å². The number of hydrogen-bond acceptors (Lipinski definition) is 3. The molecule has 0 bridgehead atoms. The third-order valence-electron chi connectivity index (χ3n) is 2.81. The van der Waals surface area contributed by atoms with Gasteiger partial charge in [0.1, 0.15) is 6.04 Å². The van der Waals surface area contributed by atoms with Crippen molar-refractivity contribution in [3.63, 3.8) is 0 Å². The Bertz CT molecular complexity index is 179. The summed E-state index contributed by atoms with van der Waals surface area (Å²) in [7, 11) is 0. The molecule has 0 spiro atoms. The predicted octanol–water partition coefficient (Wildman–Crippen LogP) is 0.618. The maximum absolute atomic E-state index is 10.6. The van der Waals surface area contributed by atoms with E-state index in [-0.39, 0.29) is 12.2 Å². The highest BCUT2D eigenvalue weighted by molar-refractivity contribution is 5.73. The van der Waals surface area contributed by atoms with E-state index in [4.69, 9.17) is 9.84 Å². The fraction of sp³-hybridized carbons (Fsp3) is 0.889. The molecular weight excluding hydrogens is 170 g/mol. The molecule has 76 valence electrons. The Labute approximate surface area is 78.3 Å². The molecule has 2 N–H and O–H groups in total. The largest absolute Gasteiger partial charge is 0.480 e. The minimum absolute atomic E-state index is 0.147. The van der Waals surface area contributed by atoms with Gasteiger partial charge >= 0.3 is 5.97 Å². The van der Waals surface area contributed by atoms with Gasteiger partial charge in [0.05, 0.1) is 12.2 Å². The lowest BCUT2D eigenvalue weighted by Crippen LogP contribution is -2.56. The second-order valence-electron chi connectivity index (χ2n) is 3.47. The Morgan fingerprint density at radius 2 is 2.23 bits per heavy atom. The van der Waals surface area contributed by atoms with Crippen LogP contribution in [-0.4, -0.2) is 35.9 Å². The summed E-state index contributed by atoms with van der Waals surface area (Å²) in [5.41, 5.74) is -0.147. The van der Waals surface area contributed by atoms with Crippen LogP contribution in [0.4, 0.5) is 0 Å². The van der Waals surface area contributed by atoms with Crippen LogP contribution in [-0.2, 0) is 9.53 Å². The van der Waals surface area contributed by atoms with Crippen molar-refractivity contribution < 1.29 is 14.6 Å². The van der Waals surface area contributed by atoms with Gasteiger partial charge in [-0.25, -0.2) is 0 Å². The summed E-state index contributed by atoms with van der Waals surface area (Å²) in [6.07, 6.45) is 1.84. The molecule has 0 aromatic carbocycles. The number of rotatable bonds is 3. The van der Waals surface area contributed by atoms with Crippen LogP contribution in [0.25, 0.3) is 0 Å². The van der Waals surface area contributed by atoms with E-state index in [9.17, 15) is 4.79 Å². The van der Waals surface area contributed by atoms with Crippen LogP contribution in [0.15, 0.2) is 0 Å². The van der Waals surface area contributed by atoms with Gasteiger partial charge in [-0.05, 0) is 12.8 Å². The van der Waals surface area contributed by atoms with Crippen LogP contribution in [0, 0.1) is 0 Å². The molecule has 1 unspecified atom stereocenters. The first-order chi connectivity index (χ1) is 6.13. The second-order valence-corrected chi connectivity index (χ2v) is 3.47. The van der Waals surface area contributed by atoms with Crippen LogP contribution in [0.2, 0.25) is 0 Å². The lowest BCUT2D eigenvalue weighted by atomic mass is 9.95. The van der Waals surface area contributed by atoms with Crippen molar-refractivity contribution in [3.8, 4) is 0 Å². The van der Waals surface area contributed by atoms with Gasteiger partial charge < -0.3 is 9.84 Å². The average Bonchev–Trinajstić information content (AvgIpc) is 2.18. The van der Waals surface area contributed by atoms with Crippen LogP contribution >= 0.6 is 0 Å². The third-order valence-corrected chi connectivity index (χ3v) is 2.81. The number of hydrogen-bond donors (Lipinski definition) is 2. The molecule has 1 fully saturated rings. The fourth-order valence-electron chi connectivity index (χ4n) is 1.54. The average molecular weight is 187 g/mol. The molecule has 0 radical (unpaired) electrons. The molecule has 13 heavy (non-hydrogen) atoms. The first kappa shape index (κ1) is 10.5. The van der Waals surface area contributed by atoms with Crippen LogP contribution in [0.3, 0.4) is 0 Å². The highest BCUT2D eigenvalue weighted by atomic mass is 16.5. The Morgan fingerprint density at radius 1 is 1.62 bits per heavy atom. The molecule has 0 aliphatic carbocycles. The molecule has 0 saturated carbocycles. The Morgan fingerprint density at radius 3 is 2.54 bits per heavy atom. The van der Waals surface area contributed by atoms with E-state index in [1.807, 2.05) is 0 Å². The quantitative estimate of drug-likeness (QED) is 0.680.